The van der Waals surface area contributed by atoms with Crippen molar-refractivity contribution in [1.82, 2.24) is 0 Å². The van der Waals surface area contributed by atoms with Gasteiger partial charge in [0.15, 0.2) is 0 Å². The van der Waals surface area contributed by atoms with Gasteiger partial charge in [0.05, 0.1) is 11.6 Å². The molecule has 0 saturated carbocycles. The lowest BCUT2D eigenvalue weighted by Gasteiger charge is -2.19. The highest BCUT2D eigenvalue weighted by Gasteiger charge is 2.18. The Hall–Kier alpha value is -2.51. The number of halogens is 1. The molecule has 2 heteroatoms. The summed E-state index contributed by atoms with van der Waals surface area (Å²) in [7, 11) is 0. The standard InChI is InChI=1S/C24H20ClO/c1-2-26-21-14-12-18(13-15-21)22-8-5-9-23(24(22)25)20-11-10-17-6-3-4-7-19(17)16-20/h3-4,6-16H,2,5H2,1H3. The Morgan fingerprint density at radius 3 is 2.38 bits per heavy atom. The fraction of sp³-hybridized carbons (Fsp3) is 0.125. The zero-order valence-corrected chi connectivity index (χ0v) is 15.5. The van der Waals surface area contributed by atoms with Crippen LogP contribution in [0.15, 0.2) is 77.8 Å². The van der Waals surface area contributed by atoms with Gasteiger partial charge in [0.25, 0.3) is 0 Å². The Labute approximate surface area is 159 Å². The zero-order chi connectivity index (χ0) is 17.9. The van der Waals surface area contributed by atoms with E-state index in [2.05, 4.69) is 67.1 Å². The monoisotopic (exact) mass is 359 g/mol. The largest absolute Gasteiger partial charge is 0.494 e. The highest BCUT2D eigenvalue weighted by atomic mass is 35.5. The molecule has 0 atom stereocenters. The average Bonchev–Trinajstić information content (AvgIpc) is 2.69. The average molecular weight is 360 g/mol. The quantitative estimate of drug-likeness (QED) is 0.493. The molecule has 0 heterocycles. The van der Waals surface area contributed by atoms with Crippen molar-refractivity contribution in [3.05, 3.63) is 95.4 Å². The maximum Gasteiger partial charge on any atom is 0.119 e. The van der Waals surface area contributed by atoms with Crippen molar-refractivity contribution >= 4 is 33.5 Å². The summed E-state index contributed by atoms with van der Waals surface area (Å²) in [4.78, 5) is 0. The maximum atomic E-state index is 6.82. The smallest absolute Gasteiger partial charge is 0.119 e. The molecule has 0 spiro atoms. The molecule has 0 aliphatic heterocycles. The highest BCUT2D eigenvalue weighted by molar-refractivity contribution is 6.41. The van der Waals surface area contributed by atoms with Gasteiger partial charge in [-0.15, -0.1) is 0 Å². The first kappa shape index (κ1) is 16.9. The minimum Gasteiger partial charge on any atom is -0.494 e. The lowest BCUT2D eigenvalue weighted by atomic mass is 9.89. The molecular weight excluding hydrogens is 340 g/mol. The first-order chi connectivity index (χ1) is 12.8. The molecule has 0 aromatic heterocycles. The van der Waals surface area contributed by atoms with Gasteiger partial charge in [0.1, 0.15) is 5.75 Å². The van der Waals surface area contributed by atoms with E-state index in [1.54, 1.807) is 0 Å². The molecular formula is C24H20ClO. The summed E-state index contributed by atoms with van der Waals surface area (Å²) in [5.41, 5.74) is 4.46. The molecule has 4 rings (SSSR count). The Kier molecular flexibility index (Phi) is 4.81. The van der Waals surface area contributed by atoms with Crippen LogP contribution in [0.3, 0.4) is 0 Å². The van der Waals surface area contributed by atoms with Gasteiger partial charge >= 0.3 is 0 Å². The predicted octanol–water partition coefficient (Wildman–Crippen LogP) is 6.88. The van der Waals surface area contributed by atoms with Crippen LogP contribution in [0, 0.1) is 6.42 Å². The lowest BCUT2D eigenvalue weighted by Crippen LogP contribution is -1.98. The first-order valence-corrected chi connectivity index (χ1v) is 9.30. The zero-order valence-electron chi connectivity index (χ0n) is 14.7. The molecule has 26 heavy (non-hydrogen) atoms. The van der Waals surface area contributed by atoms with E-state index >= 15 is 0 Å². The molecule has 0 amide bonds. The number of allylic oxidation sites excluding steroid dienone is 4. The normalized spacial score (nSPS) is 14.5. The van der Waals surface area contributed by atoms with Crippen molar-refractivity contribution in [2.24, 2.45) is 0 Å². The SMILES string of the molecule is CCOc1ccc(C2=C(Cl)C(c3ccc4ccccc4c3)=CC[CH]2)cc1. The summed E-state index contributed by atoms with van der Waals surface area (Å²) in [6, 6.07) is 23.1. The molecule has 0 saturated heterocycles. The Morgan fingerprint density at radius 2 is 1.62 bits per heavy atom. The van der Waals surface area contributed by atoms with Crippen LogP contribution in [-0.4, -0.2) is 6.61 Å². The number of benzene rings is 3. The lowest BCUT2D eigenvalue weighted by molar-refractivity contribution is 0.340. The van der Waals surface area contributed by atoms with Gasteiger partial charge in [0, 0.05) is 0 Å². The molecule has 1 aliphatic rings. The Balaban J connectivity index is 1.71. The van der Waals surface area contributed by atoms with Gasteiger partial charge in [-0.05, 0) is 71.0 Å². The van der Waals surface area contributed by atoms with Crippen LogP contribution in [-0.2, 0) is 0 Å². The van der Waals surface area contributed by atoms with Crippen LogP contribution < -0.4 is 4.74 Å². The molecule has 129 valence electrons. The second-order valence-electron chi connectivity index (χ2n) is 6.30. The van der Waals surface area contributed by atoms with Crippen molar-refractivity contribution in [3.8, 4) is 5.75 Å². The minimum atomic E-state index is 0.670. The number of ether oxygens (including phenoxy) is 1. The molecule has 1 nitrogen and oxygen atoms in total. The fourth-order valence-electron chi connectivity index (χ4n) is 3.36. The predicted molar refractivity (Wildman–Crippen MR) is 111 cm³/mol. The van der Waals surface area contributed by atoms with E-state index < -0.39 is 0 Å². The molecule has 0 fully saturated rings. The van der Waals surface area contributed by atoms with Crippen LogP contribution in [0.4, 0.5) is 0 Å². The third kappa shape index (κ3) is 3.27. The second kappa shape index (κ2) is 7.39. The fourth-order valence-corrected chi connectivity index (χ4v) is 3.73. The first-order valence-electron chi connectivity index (χ1n) is 8.92. The van der Waals surface area contributed by atoms with E-state index in [0.29, 0.717) is 6.61 Å². The highest BCUT2D eigenvalue weighted by Crippen LogP contribution is 2.40. The summed E-state index contributed by atoms with van der Waals surface area (Å²) in [6.45, 7) is 2.66. The van der Waals surface area contributed by atoms with Crippen LogP contribution in [0.2, 0.25) is 0 Å². The minimum absolute atomic E-state index is 0.670. The van der Waals surface area contributed by atoms with Crippen LogP contribution >= 0.6 is 11.6 Å². The number of hydrogen-bond acceptors (Lipinski definition) is 1. The summed E-state index contributed by atoms with van der Waals surface area (Å²) in [5.74, 6) is 0.883. The second-order valence-corrected chi connectivity index (χ2v) is 6.68. The molecule has 3 aromatic rings. The van der Waals surface area contributed by atoms with E-state index in [1.807, 2.05) is 19.1 Å². The van der Waals surface area contributed by atoms with Gasteiger partial charge in [0.2, 0.25) is 0 Å². The van der Waals surface area contributed by atoms with Crippen molar-refractivity contribution in [3.63, 3.8) is 0 Å². The Morgan fingerprint density at radius 1 is 0.885 bits per heavy atom. The van der Waals surface area contributed by atoms with Gasteiger partial charge in [-0.25, -0.2) is 0 Å². The van der Waals surface area contributed by atoms with Crippen LogP contribution in [0.1, 0.15) is 24.5 Å². The molecule has 0 unspecified atom stereocenters. The molecule has 1 radical (unpaired) electrons. The third-order valence-electron chi connectivity index (χ3n) is 4.65. The van der Waals surface area contributed by atoms with Crippen molar-refractivity contribution in [1.29, 1.82) is 0 Å². The van der Waals surface area contributed by atoms with Gasteiger partial charge in [-0.3, -0.25) is 0 Å². The molecule has 1 aliphatic carbocycles. The maximum absolute atomic E-state index is 6.82. The molecule has 0 bridgehead atoms. The summed E-state index contributed by atoms with van der Waals surface area (Å²) >= 11 is 6.82. The van der Waals surface area contributed by atoms with Crippen molar-refractivity contribution < 1.29 is 4.74 Å². The third-order valence-corrected chi connectivity index (χ3v) is 5.06. The Bertz CT molecular complexity index is 996. The van der Waals surface area contributed by atoms with Crippen LogP contribution in [0.25, 0.3) is 21.9 Å². The number of rotatable bonds is 4. The summed E-state index contributed by atoms with van der Waals surface area (Å²) in [5, 5.41) is 3.27. The van der Waals surface area contributed by atoms with E-state index in [-0.39, 0.29) is 0 Å². The van der Waals surface area contributed by atoms with Gasteiger partial charge < -0.3 is 4.74 Å². The van der Waals surface area contributed by atoms with E-state index in [1.165, 1.54) is 10.8 Å². The van der Waals surface area contributed by atoms with E-state index in [0.717, 1.165) is 39.5 Å². The van der Waals surface area contributed by atoms with E-state index in [4.69, 9.17) is 16.3 Å². The van der Waals surface area contributed by atoms with Crippen LogP contribution in [0.5, 0.6) is 5.75 Å². The summed E-state index contributed by atoms with van der Waals surface area (Å²) in [6.07, 6.45) is 5.26. The topological polar surface area (TPSA) is 9.23 Å². The summed E-state index contributed by atoms with van der Waals surface area (Å²) < 4.78 is 5.54. The van der Waals surface area contributed by atoms with Crippen molar-refractivity contribution in [2.75, 3.05) is 6.61 Å². The van der Waals surface area contributed by atoms with Gasteiger partial charge in [-0.1, -0.05) is 66.2 Å². The number of fused-ring (bicyclic) bond motifs is 1. The van der Waals surface area contributed by atoms with E-state index in [9.17, 15) is 0 Å². The molecule has 3 aromatic carbocycles. The number of hydrogen-bond donors (Lipinski definition) is 0. The van der Waals surface area contributed by atoms with Gasteiger partial charge in [-0.2, -0.15) is 0 Å². The van der Waals surface area contributed by atoms with Crippen molar-refractivity contribution in [2.45, 2.75) is 13.3 Å². The molecule has 0 N–H and O–H groups in total.